The number of nitrogens with zero attached hydrogens (tertiary/aromatic N) is 2. The van der Waals surface area contributed by atoms with E-state index in [2.05, 4.69) is 10.3 Å². The van der Waals surface area contributed by atoms with Crippen molar-refractivity contribution in [3.05, 3.63) is 54.4 Å². The monoisotopic (exact) mass is 439 g/mol. The number of hydrogen-bond donors (Lipinski definition) is 1. The first-order valence-corrected chi connectivity index (χ1v) is 10.5. The number of benzene rings is 1. The third kappa shape index (κ3) is 5.36. The molecule has 11 heteroatoms. The molecule has 0 unspecified atom stereocenters. The largest absolute Gasteiger partial charge is 0.455 e. The van der Waals surface area contributed by atoms with E-state index in [9.17, 15) is 26.8 Å². The normalized spacial score (nSPS) is 15.5. The third-order valence-corrected chi connectivity index (χ3v) is 6.43. The summed E-state index contributed by atoms with van der Waals surface area (Å²) < 4.78 is 57.6. The minimum Gasteiger partial charge on any atom is -0.455 e. The number of ether oxygens (including phenoxy) is 1. The number of piperidine rings is 1. The van der Waals surface area contributed by atoms with Crippen LogP contribution in [0.1, 0.15) is 12.8 Å². The van der Waals surface area contributed by atoms with Crippen LogP contribution in [0.15, 0.2) is 47.6 Å². The highest BCUT2D eigenvalue weighted by atomic mass is 32.2. The maximum Gasteiger partial charge on any atom is 0.309 e. The number of sulfonamides is 1. The summed E-state index contributed by atoms with van der Waals surface area (Å²) in [4.78, 5) is 27.9. The van der Waals surface area contributed by atoms with Gasteiger partial charge in [-0.15, -0.1) is 0 Å². The SMILES string of the molecule is O=C(COC(=O)C1CCN(S(=O)(=O)c2cccnc2)CC1)Nc1cc(F)cc(F)c1. The van der Waals surface area contributed by atoms with E-state index >= 15 is 0 Å². The van der Waals surface area contributed by atoms with Gasteiger partial charge in [0, 0.05) is 37.2 Å². The molecule has 0 radical (unpaired) electrons. The first kappa shape index (κ1) is 21.8. The van der Waals surface area contributed by atoms with Crippen LogP contribution >= 0.6 is 0 Å². The molecule has 1 amide bonds. The van der Waals surface area contributed by atoms with E-state index < -0.39 is 46.1 Å². The van der Waals surface area contributed by atoms with Crippen molar-refractivity contribution in [2.45, 2.75) is 17.7 Å². The molecular formula is C19H19F2N3O5S. The molecule has 2 aromatic rings. The molecule has 1 fully saturated rings. The standard InChI is InChI=1S/C19H19F2N3O5S/c20-14-8-15(21)10-16(9-14)23-18(25)12-29-19(26)13-3-6-24(7-4-13)30(27,28)17-2-1-5-22-11-17/h1-2,5,8-11,13H,3-4,6-7,12H2,(H,23,25). The molecule has 160 valence electrons. The van der Waals surface area contributed by atoms with Crippen molar-refractivity contribution in [1.82, 2.24) is 9.29 Å². The molecule has 0 bridgehead atoms. The summed E-state index contributed by atoms with van der Waals surface area (Å²) in [6.07, 6.45) is 3.23. The molecule has 0 saturated carbocycles. The van der Waals surface area contributed by atoms with Crippen LogP contribution in [0.5, 0.6) is 0 Å². The van der Waals surface area contributed by atoms with Crippen LogP contribution in [-0.2, 0) is 24.3 Å². The van der Waals surface area contributed by atoms with Gasteiger partial charge in [-0.2, -0.15) is 4.31 Å². The molecule has 1 aliphatic rings. The highest BCUT2D eigenvalue weighted by Crippen LogP contribution is 2.24. The number of pyridine rings is 1. The van der Waals surface area contributed by atoms with Gasteiger partial charge in [-0.1, -0.05) is 0 Å². The van der Waals surface area contributed by atoms with Gasteiger partial charge in [-0.05, 0) is 37.1 Å². The minimum absolute atomic E-state index is 0.0801. The number of nitrogens with one attached hydrogen (secondary N) is 1. The average molecular weight is 439 g/mol. The zero-order valence-corrected chi connectivity index (χ0v) is 16.6. The number of hydrogen-bond acceptors (Lipinski definition) is 6. The van der Waals surface area contributed by atoms with E-state index in [4.69, 9.17) is 4.74 Å². The lowest BCUT2D eigenvalue weighted by atomic mass is 9.98. The fourth-order valence-corrected chi connectivity index (χ4v) is 4.49. The van der Waals surface area contributed by atoms with Gasteiger partial charge in [0.2, 0.25) is 10.0 Å². The van der Waals surface area contributed by atoms with Crippen LogP contribution in [0.4, 0.5) is 14.5 Å². The zero-order chi connectivity index (χ0) is 21.7. The summed E-state index contributed by atoms with van der Waals surface area (Å²) in [5.41, 5.74) is -0.0949. The number of carbonyl (C=O) groups excluding carboxylic acids is 2. The minimum atomic E-state index is -3.69. The molecule has 1 aliphatic heterocycles. The van der Waals surface area contributed by atoms with E-state index in [-0.39, 0.29) is 36.5 Å². The van der Waals surface area contributed by atoms with E-state index in [1.807, 2.05) is 0 Å². The predicted molar refractivity (Wildman–Crippen MR) is 102 cm³/mol. The smallest absolute Gasteiger partial charge is 0.309 e. The summed E-state index contributed by atoms with van der Waals surface area (Å²) in [6.45, 7) is -0.358. The van der Waals surface area contributed by atoms with E-state index in [0.717, 1.165) is 12.1 Å². The van der Waals surface area contributed by atoms with Crippen LogP contribution in [0.2, 0.25) is 0 Å². The molecule has 1 aromatic heterocycles. The van der Waals surface area contributed by atoms with Crippen molar-refractivity contribution >= 4 is 27.6 Å². The average Bonchev–Trinajstić information content (AvgIpc) is 2.72. The molecule has 0 spiro atoms. The second-order valence-corrected chi connectivity index (χ2v) is 8.62. The van der Waals surface area contributed by atoms with Gasteiger partial charge in [-0.3, -0.25) is 14.6 Å². The first-order chi connectivity index (χ1) is 14.3. The quantitative estimate of drug-likeness (QED) is 0.690. The van der Waals surface area contributed by atoms with Crippen LogP contribution in [0.25, 0.3) is 0 Å². The topological polar surface area (TPSA) is 106 Å². The van der Waals surface area contributed by atoms with Crippen LogP contribution in [0, 0.1) is 17.6 Å². The Balaban J connectivity index is 1.48. The number of halogens is 2. The lowest BCUT2D eigenvalue weighted by Crippen LogP contribution is -2.40. The van der Waals surface area contributed by atoms with Crippen molar-refractivity contribution < 1.29 is 31.5 Å². The fraction of sp³-hybridized carbons (Fsp3) is 0.316. The van der Waals surface area contributed by atoms with Gasteiger partial charge < -0.3 is 10.1 Å². The number of esters is 1. The molecule has 30 heavy (non-hydrogen) atoms. The Morgan fingerprint density at radius 3 is 2.43 bits per heavy atom. The number of amides is 1. The molecule has 0 atom stereocenters. The molecule has 8 nitrogen and oxygen atoms in total. The zero-order valence-electron chi connectivity index (χ0n) is 15.8. The summed E-state index contributed by atoms with van der Waals surface area (Å²) in [5.74, 6) is -3.63. The molecular weight excluding hydrogens is 420 g/mol. The van der Waals surface area contributed by atoms with Crippen molar-refractivity contribution in [2.24, 2.45) is 5.92 Å². The van der Waals surface area contributed by atoms with E-state index in [1.54, 1.807) is 0 Å². The van der Waals surface area contributed by atoms with Crippen LogP contribution in [-0.4, -0.2) is 49.3 Å². The molecule has 1 N–H and O–H groups in total. The van der Waals surface area contributed by atoms with Crippen molar-refractivity contribution in [1.29, 1.82) is 0 Å². The van der Waals surface area contributed by atoms with Crippen molar-refractivity contribution in [2.75, 3.05) is 25.0 Å². The Bertz CT molecular complexity index is 1010. The van der Waals surface area contributed by atoms with Crippen molar-refractivity contribution in [3.8, 4) is 0 Å². The van der Waals surface area contributed by atoms with Crippen molar-refractivity contribution in [3.63, 3.8) is 0 Å². The second kappa shape index (κ2) is 9.26. The molecule has 0 aliphatic carbocycles. The Kier molecular flexibility index (Phi) is 6.73. The third-order valence-electron chi connectivity index (χ3n) is 4.55. The Morgan fingerprint density at radius 2 is 1.83 bits per heavy atom. The maximum atomic E-state index is 13.1. The number of anilines is 1. The summed E-state index contributed by atoms with van der Waals surface area (Å²) in [7, 11) is -3.69. The molecule has 3 rings (SSSR count). The Hall–Kier alpha value is -2.92. The Labute approximate surface area is 171 Å². The van der Waals surface area contributed by atoms with Gasteiger partial charge >= 0.3 is 5.97 Å². The molecule has 1 saturated heterocycles. The van der Waals surface area contributed by atoms with E-state index in [0.29, 0.717) is 6.07 Å². The highest BCUT2D eigenvalue weighted by Gasteiger charge is 2.33. The van der Waals surface area contributed by atoms with Gasteiger partial charge in [0.05, 0.1) is 5.92 Å². The van der Waals surface area contributed by atoms with Gasteiger partial charge in [0.1, 0.15) is 16.5 Å². The first-order valence-electron chi connectivity index (χ1n) is 9.08. The highest BCUT2D eigenvalue weighted by molar-refractivity contribution is 7.89. The molecule has 1 aromatic carbocycles. The fourth-order valence-electron chi connectivity index (χ4n) is 3.06. The lowest BCUT2D eigenvalue weighted by Gasteiger charge is -2.29. The Morgan fingerprint density at radius 1 is 1.17 bits per heavy atom. The van der Waals surface area contributed by atoms with Gasteiger partial charge in [0.25, 0.3) is 5.91 Å². The summed E-state index contributed by atoms with van der Waals surface area (Å²) in [6, 6.07) is 5.50. The number of aromatic nitrogens is 1. The summed E-state index contributed by atoms with van der Waals surface area (Å²) in [5, 5.41) is 2.24. The van der Waals surface area contributed by atoms with Gasteiger partial charge in [-0.25, -0.2) is 17.2 Å². The van der Waals surface area contributed by atoms with E-state index in [1.165, 1.54) is 28.8 Å². The lowest BCUT2D eigenvalue weighted by molar-refractivity contribution is -0.152. The molecule has 2 heterocycles. The number of carbonyl (C=O) groups is 2. The predicted octanol–water partition coefficient (Wildman–Crippen LogP) is 1.94. The van der Waals surface area contributed by atoms with Gasteiger partial charge in [0.15, 0.2) is 6.61 Å². The number of rotatable bonds is 6. The van der Waals surface area contributed by atoms with Crippen LogP contribution < -0.4 is 5.32 Å². The maximum absolute atomic E-state index is 13.1. The second-order valence-electron chi connectivity index (χ2n) is 6.68. The summed E-state index contributed by atoms with van der Waals surface area (Å²) >= 11 is 0. The van der Waals surface area contributed by atoms with Crippen LogP contribution in [0.3, 0.4) is 0 Å².